The topological polar surface area (TPSA) is 78.0 Å². The molecule has 0 spiro atoms. The molecule has 1 aliphatic carbocycles. The number of benzene rings is 2. The molecule has 0 radical (unpaired) electrons. The standard InChI is InChI=1S/C26H26N4O3.ClH/c1-3-7-17-10-12-18(13-11-17)27-21-16-22(31)28(2)24-23(21)25(32)30(20-14-15-20)26(33)29(24)19-8-5-4-6-9-19;/h4-6,8-13,16,20,27H,3,7,14-15H2,1-2H3;1H. The van der Waals surface area contributed by atoms with E-state index in [1.54, 1.807) is 19.2 Å². The van der Waals surface area contributed by atoms with Crippen LogP contribution in [0.5, 0.6) is 0 Å². The summed E-state index contributed by atoms with van der Waals surface area (Å²) < 4.78 is 4.19. The van der Waals surface area contributed by atoms with Crippen molar-refractivity contribution in [3.8, 4) is 5.69 Å². The van der Waals surface area contributed by atoms with E-state index >= 15 is 0 Å². The van der Waals surface area contributed by atoms with E-state index in [9.17, 15) is 14.4 Å². The second kappa shape index (κ2) is 9.35. The van der Waals surface area contributed by atoms with Crippen molar-refractivity contribution in [3.63, 3.8) is 0 Å². The van der Waals surface area contributed by atoms with Gasteiger partial charge in [0, 0.05) is 24.8 Å². The summed E-state index contributed by atoms with van der Waals surface area (Å²) in [7, 11) is 1.59. The molecule has 1 saturated carbocycles. The van der Waals surface area contributed by atoms with Gasteiger partial charge < -0.3 is 5.32 Å². The van der Waals surface area contributed by atoms with Crippen LogP contribution in [0.4, 0.5) is 11.4 Å². The number of pyridine rings is 1. The van der Waals surface area contributed by atoms with Crippen molar-refractivity contribution in [2.24, 2.45) is 7.05 Å². The van der Waals surface area contributed by atoms with Crippen LogP contribution in [0, 0.1) is 0 Å². The zero-order chi connectivity index (χ0) is 23.1. The minimum Gasteiger partial charge on any atom is -0.355 e. The molecule has 1 fully saturated rings. The van der Waals surface area contributed by atoms with E-state index in [2.05, 4.69) is 12.2 Å². The average Bonchev–Trinajstić information content (AvgIpc) is 3.64. The van der Waals surface area contributed by atoms with Crippen LogP contribution in [0.25, 0.3) is 16.7 Å². The van der Waals surface area contributed by atoms with Gasteiger partial charge in [-0.1, -0.05) is 43.7 Å². The largest absolute Gasteiger partial charge is 0.355 e. The van der Waals surface area contributed by atoms with E-state index in [-0.39, 0.29) is 35.2 Å². The van der Waals surface area contributed by atoms with Gasteiger partial charge in [-0.05, 0) is 49.1 Å². The molecule has 2 aromatic carbocycles. The van der Waals surface area contributed by atoms with Gasteiger partial charge in [-0.25, -0.2) is 9.36 Å². The third-order valence-corrected chi connectivity index (χ3v) is 6.15. The molecule has 0 bridgehead atoms. The second-order valence-corrected chi connectivity index (χ2v) is 8.59. The van der Waals surface area contributed by atoms with Gasteiger partial charge in [0.25, 0.3) is 11.1 Å². The normalized spacial score (nSPS) is 13.0. The number of aryl methyl sites for hydroxylation is 2. The highest BCUT2D eigenvalue weighted by atomic mass is 35.5. The molecule has 2 heterocycles. The number of halogens is 1. The lowest BCUT2D eigenvalue weighted by Crippen LogP contribution is -2.41. The number of hydrogen-bond acceptors (Lipinski definition) is 4. The molecule has 7 nitrogen and oxygen atoms in total. The number of aromatic nitrogens is 3. The highest BCUT2D eigenvalue weighted by Crippen LogP contribution is 2.33. The molecule has 0 aliphatic heterocycles. The quantitative estimate of drug-likeness (QED) is 0.448. The molecule has 5 rings (SSSR count). The Morgan fingerprint density at radius 1 is 0.971 bits per heavy atom. The fraction of sp³-hybridized carbons (Fsp3) is 0.269. The first-order valence-corrected chi connectivity index (χ1v) is 11.3. The predicted octanol–water partition coefficient (Wildman–Crippen LogP) is 4.30. The summed E-state index contributed by atoms with van der Waals surface area (Å²) in [6.07, 6.45) is 3.64. The molecular formula is C26H27ClN4O3. The van der Waals surface area contributed by atoms with Crippen LogP contribution in [0.1, 0.15) is 37.8 Å². The Morgan fingerprint density at radius 2 is 1.65 bits per heavy atom. The molecular weight excluding hydrogens is 452 g/mol. The van der Waals surface area contributed by atoms with Crippen LogP contribution in [0.2, 0.25) is 0 Å². The summed E-state index contributed by atoms with van der Waals surface area (Å²) >= 11 is 0. The van der Waals surface area contributed by atoms with Crippen molar-refractivity contribution in [1.29, 1.82) is 0 Å². The summed E-state index contributed by atoms with van der Waals surface area (Å²) in [4.78, 5) is 40.0. The number of nitrogens with one attached hydrogen (secondary N) is 1. The van der Waals surface area contributed by atoms with Crippen molar-refractivity contribution >= 4 is 34.8 Å². The first-order valence-electron chi connectivity index (χ1n) is 11.3. The minimum atomic E-state index is -0.419. The molecule has 0 unspecified atom stereocenters. The van der Waals surface area contributed by atoms with Gasteiger partial charge in [-0.3, -0.25) is 18.7 Å². The maximum absolute atomic E-state index is 13.6. The van der Waals surface area contributed by atoms with Crippen molar-refractivity contribution in [1.82, 2.24) is 13.7 Å². The summed E-state index contributed by atoms with van der Waals surface area (Å²) in [5.41, 5.74) is 2.21. The lowest BCUT2D eigenvalue weighted by Gasteiger charge is -2.18. The van der Waals surface area contributed by atoms with Gasteiger partial charge >= 0.3 is 5.69 Å². The highest BCUT2D eigenvalue weighted by molar-refractivity contribution is 5.91. The summed E-state index contributed by atoms with van der Waals surface area (Å²) in [6.45, 7) is 2.13. The van der Waals surface area contributed by atoms with Gasteiger partial charge in [0.1, 0.15) is 11.0 Å². The molecule has 34 heavy (non-hydrogen) atoms. The van der Waals surface area contributed by atoms with Crippen LogP contribution in [0.3, 0.4) is 0 Å². The first kappa shape index (κ1) is 23.6. The second-order valence-electron chi connectivity index (χ2n) is 8.59. The molecule has 0 saturated heterocycles. The van der Waals surface area contributed by atoms with Gasteiger partial charge in [0.05, 0.1) is 11.4 Å². The van der Waals surface area contributed by atoms with E-state index < -0.39 is 5.69 Å². The number of fused-ring (bicyclic) bond motifs is 1. The zero-order valence-electron chi connectivity index (χ0n) is 19.2. The minimum absolute atomic E-state index is 0. The Kier molecular flexibility index (Phi) is 6.48. The van der Waals surface area contributed by atoms with Crippen LogP contribution in [0.15, 0.2) is 75.0 Å². The Bertz CT molecular complexity index is 1520. The number of hydrogen-bond donors (Lipinski definition) is 1. The smallest absolute Gasteiger partial charge is 0.337 e. The molecule has 1 N–H and O–H groups in total. The van der Waals surface area contributed by atoms with E-state index in [0.717, 1.165) is 31.4 Å². The van der Waals surface area contributed by atoms with Crippen LogP contribution in [-0.2, 0) is 13.5 Å². The van der Waals surface area contributed by atoms with E-state index in [1.165, 1.54) is 25.3 Å². The van der Waals surface area contributed by atoms with Crippen LogP contribution >= 0.6 is 12.4 Å². The fourth-order valence-electron chi connectivity index (χ4n) is 4.33. The van der Waals surface area contributed by atoms with Crippen LogP contribution in [-0.4, -0.2) is 13.7 Å². The summed E-state index contributed by atoms with van der Waals surface area (Å²) in [5, 5.41) is 3.59. The first-order chi connectivity index (χ1) is 16.0. The number of anilines is 2. The molecule has 1 aliphatic rings. The van der Waals surface area contributed by atoms with Crippen LogP contribution < -0.4 is 22.1 Å². The van der Waals surface area contributed by atoms with E-state index in [4.69, 9.17) is 0 Å². The van der Waals surface area contributed by atoms with Crippen molar-refractivity contribution in [2.75, 3.05) is 5.32 Å². The number of rotatable bonds is 6. The van der Waals surface area contributed by atoms with Gasteiger partial charge in [-0.15, -0.1) is 12.4 Å². The summed E-state index contributed by atoms with van der Waals surface area (Å²) in [5.74, 6) is 0. The molecule has 0 atom stereocenters. The lowest BCUT2D eigenvalue weighted by atomic mass is 10.1. The fourth-order valence-corrected chi connectivity index (χ4v) is 4.33. The van der Waals surface area contributed by atoms with Gasteiger partial charge in [0.15, 0.2) is 0 Å². The number of para-hydroxylation sites is 1. The van der Waals surface area contributed by atoms with Crippen molar-refractivity contribution in [2.45, 2.75) is 38.6 Å². The molecule has 176 valence electrons. The highest BCUT2D eigenvalue weighted by Gasteiger charge is 2.30. The summed E-state index contributed by atoms with van der Waals surface area (Å²) in [6, 6.07) is 18.4. The molecule has 8 heteroatoms. The van der Waals surface area contributed by atoms with Crippen molar-refractivity contribution in [3.05, 3.63) is 97.4 Å². The molecule has 2 aromatic heterocycles. The lowest BCUT2D eigenvalue weighted by molar-refractivity contribution is 0.637. The third-order valence-electron chi connectivity index (χ3n) is 6.15. The Morgan fingerprint density at radius 3 is 2.26 bits per heavy atom. The number of nitrogens with zero attached hydrogens (tertiary/aromatic N) is 3. The van der Waals surface area contributed by atoms with Gasteiger partial charge in [-0.2, -0.15) is 0 Å². The average molecular weight is 479 g/mol. The Hall–Kier alpha value is -3.58. The molecule has 0 amide bonds. The Balaban J connectivity index is 0.00000274. The van der Waals surface area contributed by atoms with E-state index in [0.29, 0.717) is 16.8 Å². The van der Waals surface area contributed by atoms with E-state index in [1.807, 2.05) is 42.5 Å². The SMILES string of the molecule is CCCc1ccc(Nc2cc(=O)n(C)c3c2c(=O)n(C2CC2)c(=O)n3-c2ccccc2)cc1.Cl. The maximum atomic E-state index is 13.6. The van der Waals surface area contributed by atoms with Gasteiger partial charge in [0.2, 0.25) is 0 Å². The van der Waals surface area contributed by atoms with Crippen molar-refractivity contribution < 1.29 is 0 Å². The molecule has 4 aromatic rings. The monoisotopic (exact) mass is 478 g/mol. The predicted molar refractivity (Wildman–Crippen MR) is 138 cm³/mol. The Labute approximate surface area is 202 Å². The third kappa shape index (κ3) is 4.07. The maximum Gasteiger partial charge on any atom is 0.337 e. The zero-order valence-corrected chi connectivity index (χ0v) is 20.0.